The Kier molecular flexibility index (Phi) is 3.40. The Morgan fingerprint density at radius 3 is 2.85 bits per heavy atom. The van der Waals surface area contributed by atoms with Gasteiger partial charge in [-0.1, -0.05) is 34.1 Å². The van der Waals surface area contributed by atoms with Crippen LogP contribution in [-0.2, 0) is 13.6 Å². The van der Waals surface area contributed by atoms with E-state index in [1.165, 1.54) is 5.56 Å². The Morgan fingerprint density at radius 1 is 1.25 bits per heavy atom. The van der Waals surface area contributed by atoms with Crippen molar-refractivity contribution in [3.8, 4) is 0 Å². The van der Waals surface area contributed by atoms with Crippen molar-refractivity contribution in [2.24, 2.45) is 7.05 Å². The number of halogens is 1. The maximum absolute atomic E-state index is 4.39. The Bertz CT molecular complexity index is 752. The lowest BCUT2D eigenvalue weighted by Gasteiger charge is -2.19. The normalized spacial score (nSPS) is 10.9. The van der Waals surface area contributed by atoms with Crippen LogP contribution < -0.4 is 4.90 Å². The first kappa shape index (κ1) is 13.1. The minimum atomic E-state index is 0.766. The third-order valence-electron chi connectivity index (χ3n) is 3.24. The summed E-state index contributed by atoms with van der Waals surface area (Å²) in [5.74, 6) is 0.888. The molecule has 1 aromatic carbocycles. The number of anilines is 1. The first-order valence-corrected chi connectivity index (χ1v) is 7.03. The zero-order chi connectivity index (χ0) is 14.1. The fraction of sp³-hybridized carbons (Fsp3) is 0.214. The van der Waals surface area contributed by atoms with E-state index in [4.69, 9.17) is 0 Å². The van der Waals surface area contributed by atoms with Crippen LogP contribution in [0, 0.1) is 0 Å². The Labute approximate surface area is 125 Å². The van der Waals surface area contributed by atoms with Gasteiger partial charge in [0.25, 0.3) is 0 Å². The summed E-state index contributed by atoms with van der Waals surface area (Å²) in [6.07, 6.45) is 3.39. The summed E-state index contributed by atoms with van der Waals surface area (Å²) in [6.45, 7) is 0.766. The van der Waals surface area contributed by atoms with E-state index in [1.807, 2.05) is 32.3 Å². The van der Waals surface area contributed by atoms with E-state index in [9.17, 15) is 0 Å². The van der Waals surface area contributed by atoms with E-state index >= 15 is 0 Å². The second kappa shape index (κ2) is 5.20. The highest BCUT2D eigenvalue weighted by atomic mass is 79.9. The fourth-order valence-corrected chi connectivity index (χ4v) is 2.62. The van der Waals surface area contributed by atoms with Crippen molar-refractivity contribution in [3.63, 3.8) is 0 Å². The minimum absolute atomic E-state index is 0.766. The van der Waals surface area contributed by atoms with Crippen molar-refractivity contribution in [3.05, 3.63) is 46.8 Å². The van der Waals surface area contributed by atoms with Crippen LogP contribution in [0.25, 0.3) is 11.0 Å². The molecule has 0 N–H and O–H groups in total. The van der Waals surface area contributed by atoms with Crippen molar-refractivity contribution in [1.82, 2.24) is 19.7 Å². The topological polar surface area (TPSA) is 46.8 Å². The molecule has 0 spiro atoms. The highest BCUT2D eigenvalue weighted by molar-refractivity contribution is 9.10. The van der Waals surface area contributed by atoms with Crippen molar-refractivity contribution in [2.45, 2.75) is 6.54 Å². The summed E-state index contributed by atoms with van der Waals surface area (Å²) in [5, 5.41) is 5.20. The molecule has 0 aliphatic heterocycles. The molecule has 0 radical (unpaired) electrons. The zero-order valence-electron chi connectivity index (χ0n) is 11.3. The van der Waals surface area contributed by atoms with E-state index < -0.39 is 0 Å². The summed E-state index contributed by atoms with van der Waals surface area (Å²) < 4.78 is 2.86. The van der Waals surface area contributed by atoms with Gasteiger partial charge in [-0.05, 0) is 11.6 Å². The molecule has 3 rings (SSSR count). The van der Waals surface area contributed by atoms with Gasteiger partial charge in [0.05, 0.1) is 11.6 Å². The lowest BCUT2D eigenvalue weighted by Crippen LogP contribution is -2.18. The van der Waals surface area contributed by atoms with Gasteiger partial charge in [-0.2, -0.15) is 5.10 Å². The molecule has 0 saturated carbocycles. The van der Waals surface area contributed by atoms with Crippen molar-refractivity contribution < 1.29 is 0 Å². The highest BCUT2D eigenvalue weighted by Gasteiger charge is 2.12. The van der Waals surface area contributed by atoms with Gasteiger partial charge in [0, 0.05) is 25.1 Å². The molecule has 0 fully saturated rings. The van der Waals surface area contributed by atoms with E-state index in [-0.39, 0.29) is 0 Å². The molecule has 0 amide bonds. The SMILES string of the molecule is CN(Cc1ccccc1Br)c1ncnc2c1cnn2C. The third-order valence-corrected chi connectivity index (χ3v) is 4.01. The Balaban J connectivity index is 1.97. The van der Waals surface area contributed by atoms with Crippen LogP contribution in [0.4, 0.5) is 5.82 Å². The molecule has 102 valence electrons. The molecule has 0 unspecified atom stereocenters. The van der Waals surface area contributed by atoms with Crippen LogP contribution in [-0.4, -0.2) is 26.8 Å². The lowest BCUT2D eigenvalue weighted by molar-refractivity contribution is 0.785. The lowest BCUT2D eigenvalue weighted by atomic mass is 10.2. The molecule has 0 saturated heterocycles. The predicted octanol–water partition coefficient (Wildman–Crippen LogP) is 2.76. The number of hydrogen-bond donors (Lipinski definition) is 0. The summed E-state index contributed by atoms with van der Waals surface area (Å²) in [6, 6.07) is 8.19. The molecule has 0 aliphatic carbocycles. The molecule has 0 aliphatic rings. The van der Waals surface area contributed by atoms with Crippen molar-refractivity contribution >= 4 is 32.8 Å². The second-order valence-corrected chi connectivity index (χ2v) is 5.50. The van der Waals surface area contributed by atoms with E-state index in [0.29, 0.717) is 0 Å². The van der Waals surface area contributed by atoms with Crippen LogP contribution >= 0.6 is 15.9 Å². The molecular formula is C14H14BrN5. The maximum Gasteiger partial charge on any atom is 0.163 e. The number of aromatic nitrogens is 4. The standard InChI is InChI=1S/C14H14BrN5/c1-19(8-10-5-3-4-6-12(10)15)13-11-7-18-20(2)14(11)17-9-16-13/h3-7,9H,8H2,1-2H3. The smallest absolute Gasteiger partial charge is 0.163 e. The Morgan fingerprint density at radius 2 is 2.05 bits per heavy atom. The number of benzene rings is 1. The van der Waals surface area contributed by atoms with Gasteiger partial charge < -0.3 is 4.90 Å². The maximum atomic E-state index is 4.39. The molecule has 6 heteroatoms. The van der Waals surface area contributed by atoms with Gasteiger partial charge in [-0.15, -0.1) is 0 Å². The van der Waals surface area contributed by atoms with Gasteiger partial charge in [0.2, 0.25) is 0 Å². The minimum Gasteiger partial charge on any atom is -0.355 e. The summed E-state index contributed by atoms with van der Waals surface area (Å²) in [5.41, 5.74) is 2.06. The molecule has 2 aromatic heterocycles. The first-order chi connectivity index (χ1) is 9.66. The van der Waals surface area contributed by atoms with Crippen LogP contribution in [0.15, 0.2) is 41.3 Å². The van der Waals surface area contributed by atoms with Crippen molar-refractivity contribution in [2.75, 3.05) is 11.9 Å². The largest absolute Gasteiger partial charge is 0.355 e. The van der Waals surface area contributed by atoms with E-state index in [0.717, 1.165) is 27.9 Å². The highest BCUT2D eigenvalue weighted by Crippen LogP contribution is 2.24. The van der Waals surface area contributed by atoms with Crippen LogP contribution in [0.5, 0.6) is 0 Å². The molecule has 0 atom stereocenters. The predicted molar refractivity (Wildman–Crippen MR) is 82.6 cm³/mol. The fourth-order valence-electron chi connectivity index (χ4n) is 2.21. The Hall–Kier alpha value is -1.95. The van der Waals surface area contributed by atoms with Gasteiger partial charge in [0.1, 0.15) is 12.1 Å². The monoisotopic (exact) mass is 331 g/mol. The zero-order valence-corrected chi connectivity index (χ0v) is 12.9. The van der Waals surface area contributed by atoms with Gasteiger partial charge >= 0.3 is 0 Å². The number of hydrogen-bond acceptors (Lipinski definition) is 4. The molecule has 5 nitrogen and oxygen atoms in total. The molecule has 20 heavy (non-hydrogen) atoms. The van der Waals surface area contributed by atoms with Gasteiger partial charge in [0.15, 0.2) is 5.65 Å². The molecule has 0 bridgehead atoms. The summed E-state index contributed by atoms with van der Waals surface area (Å²) in [4.78, 5) is 10.8. The first-order valence-electron chi connectivity index (χ1n) is 6.24. The van der Waals surface area contributed by atoms with Gasteiger partial charge in [-0.25, -0.2) is 9.97 Å². The van der Waals surface area contributed by atoms with Crippen LogP contribution in [0.3, 0.4) is 0 Å². The molecule has 3 aromatic rings. The van der Waals surface area contributed by atoms with Crippen LogP contribution in [0.1, 0.15) is 5.56 Å². The van der Waals surface area contributed by atoms with Gasteiger partial charge in [-0.3, -0.25) is 4.68 Å². The van der Waals surface area contributed by atoms with Crippen molar-refractivity contribution in [1.29, 1.82) is 0 Å². The summed E-state index contributed by atoms with van der Waals surface area (Å²) >= 11 is 3.58. The number of fused-ring (bicyclic) bond motifs is 1. The molecular weight excluding hydrogens is 318 g/mol. The second-order valence-electron chi connectivity index (χ2n) is 4.65. The third kappa shape index (κ3) is 2.27. The number of rotatable bonds is 3. The number of aryl methyl sites for hydroxylation is 1. The van der Waals surface area contributed by atoms with Crippen LogP contribution in [0.2, 0.25) is 0 Å². The van der Waals surface area contributed by atoms with E-state index in [2.05, 4.69) is 42.0 Å². The summed E-state index contributed by atoms with van der Waals surface area (Å²) in [7, 11) is 3.90. The number of nitrogens with zero attached hydrogens (tertiary/aromatic N) is 5. The average Bonchev–Trinajstić information content (AvgIpc) is 2.83. The quantitative estimate of drug-likeness (QED) is 0.740. The molecule has 2 heterocycles. The average molecular weight is 332 g/mol. The van der Waals surface area contributed by atoms with E-state index in [1.54, 1.807) is 17.2 Å².